The van der Waals surface area contributed by atoms with E-state index in [0.717, 1.165) is 23.7 Å². The van der Waals surface area contributed by atoms with Gasteiger partial charge >= 0.3 is 0 Å². The highest BCUT2D eigenvalue weighted by molar-refractivity contribution is 5.07. The van der Waals surface area contributed by atoms with Gasteiger partial charge in [0.05, 0.1) is 0 Å². The van der Waals surface area contributed by atoms with Gasteiger partial charge in [0.25, 0.3) is 0 Å². The van der Waals surface area contributed by atoms with Gasteiger partial charge in [0, 0.05) is 0 Å². The van der Waals surface area contributed by atoms with Crippen molar-refractivity contribution in [2.45, 2.75) is 118 Å². The highest BCUT2D eigenvalue weighted by Crippen LogP contribution is 2.67. The largest absolute Gasteiger partial charge is 0.0648 e. The fourth-order valence-corrected chi connectivity index (χ4v) is 8.15. The molecule has 0 bridgehead atoms. The average Bonchev–Trinajstić information content (AvgIpc) is 2.67. The summed E-state index contributed by atoms with van der Waals surface area (Å²) in [6, 6.07) is 0. The average molecular weight is 333 g/mol. The third-order valence-corrected chi connectivity index (χ3v) is 9.60. The number of hydrogen-bond acceptors (Lipinski definition) is 0. The van der Waals surface area contributed by atoms with Gasteiger partial charge in [-0.2, -0.15) is 0 Å². The molecule has 140 valence electrons. The molecule has 0 saturated heterocycles. The summed E-state index contributed by atoms with van der Waals surface area (Å²) in [5, 5.41) is 0. The Balaban J connectivity index is 2.00. The van der Waals surface area contributed by atoms with Crippen LogP contribution in [-0.2, 0) is 0 Å². The van der Waals surface area contributed by atoms with Crippen LogP contribution in [0.1, 0.15) is 118 Å². The van der Waals surface area contributed by atoms with Crippen LogP contribution in [0.15, 0.2) is 0 Å². The van der Waals surface area contributed by atoms with Gasteiger partial charge < -0.3 is 0 Å². The highest BCUT2D eigenvalue weighted by atomic mass is 14.6. The summed E-state index contributed by atoms with van der Waals surface area (Å²) in [7, 11) is 0. The molecule has 0 heteroatoms. The van der Waals surface area contributed by atoms with Crippen molar-refractivity contribution in [3.63, 3.8) is 0 Å². The summed E-state index contributed by atoms with van der Waals surface area (Å²) in [6.07, 6.45) is 21.1. The van der Waals surface area contributed by atoms with E-state index in [1.54, 1.807) is 32.1 Å². The Morgan fingerprint density at radius 1 is 0.583 bits per heavy atom. The lowest BCUT2D eigenvalue weighted by atomic mass is 9.41. The van der Waals surface area contributed by atoms with Crippen LogP contribution in [0.25, 0.3) is 0 Å². The van der Waals surface area contributed by atoms with E-state index in [-0.39, 0.29) is 0 Å². The lowest BCUT2D eigenvalue weighted by Gasteiger charge is -2.64. The maximum Gasteiger partial charge on any atom is -0.0240 e. The van der Waals surface area contributed by atoms with E-state index in [2.05, 4.69) is 27.7 Å². The second kappa shape index (κ2) is 7.71. The number of fused-ring (bicyclic) bond motifs is 1. The molecule has 0 heterocycles. The molecule has 0 aromatic rings. The Kier molecular flexibility index (Phi) is 6.03. The Labute approximate surface area is 152 Å². The zero-order chi connectivity index (χ0) is 17.2. The van der Waals surface area contributed by atoms with Crippen LogP contribution in [0.4, 0.5) is 0 Å². The first-order valence-electron chi connectivity index (χ1n) is 11.7. The van der Waals surface area contributed by atoms with Crippen LogP contribution < -0.4 is 0 Å². The van der Waals surface area contributed by atoms with E-state index in [1.165, 1.54) is 57.8 Å². The zero-order valence-electron chi connectivity index (χ0n) is 17.2. The fourth-order valence-electron chi connectivity index (χ4n) is 8.15. The Hall–Kier alpha value is 0. The topological polar surface area (TPSA) is 0 Å². The van der Waals surface area contributed by atoms with Crippen molar-refractivity contribution >= 4 is 0 Å². The first-order valence-corrected chi connectivity index (χ1v) is 11.7. The van der Waals surface area contributed by atoms with Crippen LogP contribution in [-0.4, -0.2) is 0 Å². The van der Waals surface area contributed by atoms with Gasteiger partial charge in [-0.3, -0.25) is 0 Å². The summed E-state index contributed by atoms with van der Waals surface area (Å²) in [5.41, 5.74) is 1.36. The van der Waals surface area contributed by atoms with Gasteiger partial charge in [0.15, 0.2) is 0 Å². The normalized spacial score (nSPS) is 36.2. The molecule has 3 atom stereocenters. The van der Waals surface area contributed by atoms with Gasteiger partial charge in [0.2, 0.25) is 0 Å². The molecule has 0 aromatic heterocycles. The Morgan fingerprint density at radius 2 is 1.12 bits per heavy atom. The van der Waals surface area contributed by atoms with E-state index in [1.807, 2.05) is 0 Å². The lowest BCUT2D eigenvalue weighted by molar-refractivity contribution is -0.148. The number of rotatable bonds is 5. The van der Waals surface area contributed by atoms with Crippen molar-refractivity contribution < 1.29 is 0 Å². The van der Waals surface area contributed by atoms with E-state index < -0.39 is 0 Å². The van der Waals surface area contributed by atoms with E-state index in [0.29, 0.717) is 10.8 Å². The predicted octanol–water partition coefficient (Wildman–Crippen LogP) is 8.01. The second-order valence-electron chi connectivity index (χ2n) is 9.72. The van der Waals surface area contributed by atoms with Crippen LogP contribution >= 0.6 is 0 Å². The van der Waals surface area contributed by atoms with Crippen molar-refractivity contribution in [2.24, 2.45) is 34.5 Å². The molecule has 24 heavy (non-hydrogen) atoms. The summed E-state index contributed by atoms with van der Waals surface area (Å²) in [5.74, 6) is 4.17. The standard InChI is InChI=1S/C24H44/c1-5-23(6-2)18-22(19-14-10-9-11-15-19)24(7-3,8-4)21-17-13-12-16-20(21)23/h19-22H,5-18H2,1-4H3. The third kappa shape index (κ3) is 2.88. The molecule has 3 fully saturated rings. The van der Waals surface area contributed by atoms with Crippen molar-refractivity contribution in [3.05, 3.63) is 0 Å². The molecule has 3 rings (SSSR count). The smallest absolute Gasteiger partial charge is 0.0240 e. The van der Waals surface area contributed by atoms with Crippen LogP contribution in [0.5, 0.6) is 0 Å². The summed E-state index contributed by atoms with van der Waals surface area (Å²) >= 11 is 0. The molecule has 3 saturated carbocycles. The highest BCUT2D eigenvalue weighted by Gasteiger charge is 2.58. The molecule has 3 unspecified atom stereocenters. The molecule has 0 N–H and O–H groups in total. The minimum atomic E-state index is 0.681. The first-order chi connectivity index (χ1) is 11.7. The van der Waals surface area contributed by atoms with Gasteiger partial charge in [0.1, 0.15) is 0 Å². The Morgan fingerprint density at radius 3 is 1.67 bits per heavy atom. The maximum atomic E-state index is 2.55. The summed E-state index contributed by atoms with van der Waals surface area (Å²) in [4.78, 5) is 0. The Bertz CT molecular complexity index is 381. The molecule has 3 aliphatic carbocycles. The quantitative estimate of drug-likeness (QED) is 0.478. The molecule has 0 spiro atoms. The molecular formula is C24H44. The lowest BCUT2D eigenvalue weighted by Crippen LogP contribution is -2.56. The molecule has 0 aromatic carbocycles. The predicted molar refractivity (Wildman–Crippen MR) is 106 cm³/mol. The van der Waals surface area contributed by atoms with Crippen LogP contribution in [0, 0.1) is 34.5 Å². The van der Waals surface area contributed by atoms with Crippen molar-refractivity contribution in [1.82, 2.24) is 0 Å². The molecule has 0 aliphatic heterocycles. The van der Waals surface area contributed by atoms with E-state index in [9.17, 15) is 0 Å². The molecular weight excluding hydrogens is 288 g/mol. The van der Waals surface area contributed by atoms with Gasteiger partial charge in [-0.25, -0.2) is 0 Å². The molecule has 0 amide bonds. The minimum absolute atomic E-state index is 0.681. The van der Waals surface area contributed by atoms with Gasteiger partial charge in [-0.15, -0.1) is 0 Å². The van der Waals surface area contributed by atoms with Crippen LogP contribution in [0.3, 0.4) is 0 Å². The first kappa shape index (κ1) is 18.8. The number of hydrogen-bond donors (Lipinski definition) is 0. The zero-order valence-corrected chi connectivity index (χ0v) is 17.2. The summed E-state index contributed by atoms with van der Waals surface area (Å²) < 4.78 is 0. The molecule has 0 nitrogen and oxygen atoms in total. The third-order valence-electron chi connectivity index (χ3n) is 9.60. The van der Waals surface area contributed by atoms with E-state index >= 15 is 0 Å². The van der Waals surface area contributed by atoms with Crippen molar-refractivity contribution in [2.75, 3.05) is 0 Å². The monoisotopic (exact) mass is 332 g/mol. The van der Waals surface area contributed by atoms with Gasteiger partial charge in [-0.05, 0) is 66.6 Å². The van der Waals surface area contributed by atoms with Crippen molar-refractivity contribution in [3.8, 4) is 0 Å². The van der Waals surface area contributed by atoms with E-state index in [4.69, 9.17) is 0 Å². The minimum Gasteiger partial charge on any atom is -0.0648 e. The SMILES string of the molecule is CCC1(CC)CC(C2CCCCC2)C(CC)(CC)C2CCCCC21. The second-order valence-corrected chi connectivity index (χ2v) is 9.72. The fraction of sp³-hybridized carbons (Fsp3) is 1.00. The molecule has 3 aliphatic rings. The maximum absolute atomic E-state index is 2.55. The summed E-state index contributed by atoms with van der Waals surface area (Å²) in [6.45, 7) is 10.2. The van der Waals surface area contributed by atoms with Crippen molar-refractivity contribution in [1.29, 1.82) is 0 Å². The van der Waals surface area contributed by atoms with Crippen LogP contribution in [0.2, 0.25) is 0 Å². The van der Waals surface area contributed by atoms with Gasteiger partial charge in [-0.1, -0.05) is 85.5 Å². The molecule has 0 radical (unpaired) electrons.